The van der Waals surface area contributed by atoms with E-state index in [2.05, 4.69) is 56.1 Å². The van der Waals surface area contributed by atoms with Crippen LogP contribution in [0.3, 0.4) is 0 Å². The average Bonchev–Trinajstić information content (AvgIpc) is 2.89. The lowest BCUT2D eigenvalue weighted by atomic mass is 10.0. The van der Waals surface area contributed by atoms with Crippen LogP contribution in [0.4, 0.5) is 5.69 Å². The molecule has 162 valence electrons. The first-order valence-corrected chi connectivity index (χ1v) is 10.7. The Morgan fingerprint density at radius 2 is 1.70 bits per heavy atom. The van der Waals surface area contributed by atoms with Gasteiger partial charge >= 0.3 is 0 Å². The van der Waals surface area contributed by atoms with Crippen molar-refractivity contribution in [2.45, 2.75) is 6.42 Å². The van der Waals surface area contributed by atoms with Crippen LogP contribution in [0.1, 0.15) is 11.1 Å². The normalized spacial score (nSPS) is 16.4. The van der Waals surface area contributed by atoms with Gasteiger partial charge in [0.2, 0.25) is 0 Å². The number of fused-ring (bicyclic) bond motifs is 1. The third kappa shape index (κ3) is 5.78. The number of benzene rings is 2. The molecule has 0 spiro atoms. The van der Waals surface area contributed by atoms with Gasteiger partial charge in [-0.1, -0.05) is 45.7 Å². The van der Waals surface area contributed by atoms with Crippen molar-refractivity contribution >= 4 is 69.4 Å². The quantitative estimate of drug-likeness (QED) is 0.588. The van der Waals surface area contributed by atoms with Gasteiger partial charge < -0.3 is 10.0 Å². The molecule has 4 nitrogen and oxygen atoms in total. The van der Waals surface area contributed by atoms with Crippen LogP contribution in [0.15, 0.2) is 58.0 Å². The van der Waals surface area contributed by atoms with E-state index >= 15 is 0 Å². The van der Waals surface area contributed by atoms with Crippen LogP contribution in [0.5, 0.6) is 0 Å². The van der Waals surface area contributed by atoms with Crippen LogP contribution in [0, 0.1) is 0 Å². The van der Waals surface area contributed by atoms with E-state index in [4.69, 9.17) is 16.6 Å². The molecule has 2 heterocycles. The van der Waals surface area contributed by atoms with Crippen LogP contribution in [0.25, 0.3) is 5.57 Å². The Morgan fingerprint density at radius 3 is 2.37 bits per heavy atom. The first-order valence-electron chi connectivity index (χ1n) is 9.56. The van der Waals surface area contributed by atoms with Crippen molar-refractivity contribution in [3.63, 3.8) is 0 Å². The number of β-amino-alcohol motifs (C(OH)–C–C–N with tert-alkyl or cyclic N) is 1. The Hall–Kier alpha value is -1.08. The highest BCUT2D eigenvalue weighted by Gasteiger charge is 2.24. The standard InChI is InChI=1S/C22H23BrClN3O.2ClH/c23-18-4-8-21-17(15-18)3-7-20(16-1-5-19(24)6-2-16)22(25-21)27-11-9-26(10-12-27)13-14-28;;/h1-2,4-8,15,28H,3,9-14H2;2*1H. The van der Waals surface area contributed by atoms with Gasteiger partial charge in [0.15, 0.2) is 0 Å². The molecular formula is C22H25BrCl3N3O. The van der Waals surface area contributed by atoms with E-state index in [1.165, 1.54) is 5.56 Å². The largest absolute Gasteiger partial charge is 0.395 e. The van der Waals surface area contributed by atoms with E-state index < -0.39 is 0 Å². The number of rotatable bonds is 3. The summed E-state index contributed by atoms with van der Waals surface area (Å²) >= 11 is 9.69. The summed E-state index contributed by atoms with van der Waals surface area (Å²) in [5.41, 5.74) is 4.53. The van der Waals surface area contributed by atoms with E-state index in [0.29, 0.717) is 0 Å². The summed E-state index contributed by atoms with van der Waals surface area (Å²) in [4.78, 5) is 9.77. The molecule has 0 unspecified atom stereocenters. The third-order valence-electron chi connectivity index (χ3n) is 5.28. The number of amidine groups is 1. The first kappa shape index (κ1) is 25.2. The van der Waals surface area contributed by atoms with Crippen molar-refractivity contribution in [1.82, 2.24) is 9.80 Å². The van der Waals surface area contributed by atoms with Gasteiger partial charge in [0, 0.05) is 47.8 Å². The van der Waals surface area contributed by atoms with E-state index in [1.54, 1.807) is 0 Å². The molecule has 0 radical (unpaired) electrons. The summed E-state index contributed by atoms with van der Waals surface area (Å²) in [6.45, 7) is 4.60. The van der Waals surface area contributed by atoms with Gasteiger partial charge in [-0.15, -0.1) is 24.8 Å². The smallest absolute Gasteiger partial charge is 0.136 e. The lowest BCUT2D eigenvalue weighted by Crippen LogP contribution is -2.49. The minimum Gasteiger partial charge on any atom is -0.395 e. The number of aliphatic imine (C=N–C) groups is 1. The van der Waals surface area contributed by atoms with Gasteiger partial charge in [0.1, 0.15) is 5.84 Å². The highest BCUT2D eigenvalue weighted by molar-refractivity contribution is 9.10. The average molecular weight is 534 g/mol. The Labute approximate surface area is 203 Å². The van der Waals surface area contributed by atoms with E-state index in [0.717, 1.165) is 71.3 Å². The van der Waals surface area contributed by atoms with Crippen molar-refractivity contribution < 1.29 is 5.11 Å². The maximum Gasteiger partial charge on any atom is 0.136 e. The molecule has 1 fully saturated rings. The molecule has 2 aromatic carbocycles. The number of hydrogen-bond donors (Lipinski definition) is 1. The molecule has 0 saturated carbocycles. The molecule has 2 aromatic rings. The van der Waals surface area contributed by atoms with Crippen LogP contribution >= 0.6 is 52.3 Å². The van der Waals surface area contributed by atoms with Crippen molar-refractivity contribution in [2.24, 2.45) is 4.99 Å². The van der Waals surface area contributed by atoms with Crippen molar-refractivity contribution in [1.29, 1.82) is 0 Å². The molecule has 0 aliphatic carbocycles. The van der Waals surface area contributed by atoms with Crippen molar-refractivity contribution in [2.75, 3.05) is 39.3 Å². The van der Waals surface area contributed by atoms with Crippen LogP contribution in [-0.4, -0.2) is 60.1 Å². The number of aliphatic hydroxyl groups excluding tert-OH is 1. The second-order valence-electron chi connectivity index (χ2n) is 7.09. The molecular weight excluding hydrogens is 509 g/mol. The molecule has 1 N–H and O–H groups in total. The van der Waals surface area contributed by atoms with E-state index in [9.17, 15) is 5.11 Å². The van der Waals surface area contributed by atoms with Gasteiger partial charge in [0.05, 0.1) is 12.3 Å². The highest BCUT2D eigenvalue weighted by Crippen LogP contribution is 2.32. The van der Waals surface area contributed by atoms with Gasteiger partial charge in [-0.25, -0.2) is 4.99 Å². The zero-order chi connectivity index (χ0) is 19.5. The summed E-state index contributed by atoms with van der Waals surface area (Å²) < 4.78 is 1.07. The van der Waals surface area contributed by atoms with Gasteiger partial charge in [0.25, 0.3) is 0 Å². The summed E-state index contributed by atoms with van der Waals surface area (Å²) in [6.07, 6.45) is 3.12. The first-order chi connectivity index (χ1) is 13.6. The SMILES string of the molecule is Cl.Cl.OCCN1CCN(C2=Nc3ccc(Br)cc3CC=C2c2ccc(Cl)cc2)CC1. The van der Waals surface area contributed by atoms with Crippen LogP contribution in [0.2, 0.25) is 5.02 Å². The highest BCUT2D eigenvalue weighted by atomic mass is 79.9. The Bertz CT molecular complexity index is 910. The molecule has 2 aliphatic heterocycles. The Balaban J connectivity index is 0.00000160. The van der Waals surface area contributed by atoms with Gasteiger partial charge in [-0.2, -0.15) is 0 Å². The van der Waals surface area contributed by atoms with E-state index in [-0.39, 0.29) is 31.4 Å². The molecule has 1 saturated heterocycles. The van der Waals surface area contributed by atoms with Gasteiger partial charge in [-0.05, 0) is 47.9 Å². The fourth-order valence-corrected chi connectivity index (χ4v) is 4.28. The number of allylic oxidation sites excluding steroid dienone is 1. The minimum atomic E-state index is 0. The summed E-state index contributed by atoms with van der Waals surface area (Å²) in [5, 5.41) is 9.95. The minimum absolute atomic E-state index is 0. The second kappa shape index (κ2) is 11.5. The molecule has 8 heteroatoms. The zero-order valence-corrected chi connectivity index (χ0v) is 20.4. The third-order valence-corrected chi connectivity index (χ3v) is 6.02. The van der Waals surface area contributed by atoms with Crippen molar-refractivity contribution in [3.8, 4) is 0 Å². The Kier molecular flexibility index (Phi) is 9.67. The lowest BCUT2D eigenvalue weighted by Gasteiger charge is -2.36. The number of aliphatic hydroxyl groups is 1. The fourth-order valence-electron chi connectivity index (χ4n) is 3.75. The lowest BCUT2D eigenvalue weighted by molar-refractivity contribution is 0.148. The predicted octanol–water partition coefficient (Wildman–Crippen LogP) is 5.23. The van der Waals surface area contributed by atoms with Gasteiger partial charge in [-0.3, -0.25) is 4.90 Å². The summed E-state index contributed by atoms with van der Waals surface area (Å²) in [7, 11) is 0. The zero-order valence-electron chi connectivity index (χ0n) is 16.4. The molecule has 0 amide bonds. The van der Waals surface area contributed by atoms with Crippen LogP contribution < -0.4 is 0 Å². The number of hydrogen-bond acceptors (Lipinski definition) is 4. The number of halogens is 4. The molecule has 0 bridgehead atoms. The van der Waals surface area contributed by atoms with Crippen molar-refractivity contribution in [3.05, 3.63) is 69.2 Å². The molecule has 30 heavy (non-hydrogen) atoms. The van der Waals surface area contributed by atoms with E-state index in [1.807, 2.05) is 18.2 Å². The topological polar surface area (TPSA) is 39.1 Å². The number of nitrogens with zero attached hydrogens (tertiary/aromatic N) is 3. The molecule has 0 aromatic heterocycles. The predicted molar refractivity (Wildman–Crippen MR) is 134 cm³/mol. The molecule has 2 aliphatic rings. The fraction of sp³-hybridized carbons (Fsp3) is 0.318. The summed E-state index contributed by atoms with van der Waals surface area (Å²) in [5.74, 6) is 1.02. The maximum absolute atomic E-state index is 9.21. The number of piperazine rings is 1. The van der Waals surface area contributed by atoms with Crippen LogP contribution in [-0.2, 0) is 6.42 Å². The summed E-state index contributed by atoms with van der Waals surface area (Å²) in [6, 6.07) is 14.3. The molecule has 0 atom stereocenters. The second-order valence-corrected chi connectivity index (χ2v) is 8.44. The Morgan fingerprint density at radius 1 is 1.00 bits per heavy atom. The maximum atomic E-state index is 9.21. The molecule has 4 rings (SSSR count). The monoisotopic (exact) mass is 531 g/mol.